The number of benzene rings is 2. The van der Waals surface area contributed by atoms with E-state index in [1.165, 1.54) is 23.3 Å². The molecule has 1 fully saturated rings. The Hall–Kier alpha value is -2.46. The Bertz CT molecular complexity index is 1050. The van der Waals surface area contributed by atoms with E-state index in [9.17, 15) is 13.2 Å². The Balaban J connectivity index is 1.20. The molecule has 1 amide bonds. The first-order valence-corrected chi connectivity index (χ1v) is 12.0. The molecule has 0 unspecified atom stereocenters. The molecule has 0 saturated carbocycles. The van der Waals surface area contributed by atoms with Gasteiger partial charge in [-0.2, -0.15) is 0 Å². The van der Waals surface area contributed by atoms with E-state index < -0.39 is 10.0 Å². The molecular weight excluding hydrogens is 416 g/mol. The van der Waals surface area contributed by atoms with Gasteiger partial charge in [0.25, 0.3) is 0 Å². The summed E-state index contributed by atoms with van der Waals surface area (Å²) in [6.45, 7) is 6.15. The van der Waals surface area contributed by atoms with Gasteiger partial charge in [0, 0.05) is 57.8 Å². The van der Waals surface area contributed by atoms with Crippen molar-refractivity contribution < 1.29 is 17.9 Å². The van der Waals surface area contributed by atoms with Gasteiger partial charge in [0.1, 0.15) is 5.75 Å². The van der Waals surface area contributed by atoms with Gasteiger partial charge in [-0.25, -0.2) is 13.6 Å². The van der Waals surface area contributed by atoms with Gasteiger partial charge in [-0.3, -0.25) is 9.69 Å². The van der Waals surface area contributed by atoms with Gasteiger partial charge in [0.15, 0.2) is 0 Å². The third-order valence-corrected chi connectivity index (χ3v) is 6.64. The van der Waals surface area contributed by atoms with Crippen LogP contribution in [0.1, 0.15) is 17.5 Å². The number of rotatable bonds is 7. The zero-order chi connectivity index (χ0) is 21.8. The highest BCUT2D eigenvalue weighted by Gasteiger charge is 2.19. The normalized spacial score (nSPS) is 17.2. The molecule has 4 rings (SSSR count). The number of nitrogens with two attached hydrogens (primary N) is 1. The maximum atomic E-state index is 12.3. The number of carbonyl (C=O) groups excluding carboxylic acids is 1. The second kappa shape index (κ2) is 9.35. The molecule has 0 atom stereocenters. The van der Waals surface area contributed by atoms with Crippen molar-refractivity contribution in [3.05, 3.63) is 53.6 Å². The minimum Gasteiger partial charge on any atom is -0.493 e. The number of anilines is 1. The van der Waals surface area contributed by atoms with Crippen LogP contribution in [-0.4, -0.2) is 63.5 Å². The standard InChI is InChI=1S/C22H28N4O4S/c23-31(28,29)20-3-1-2-19(15-20)24-22(27)6-8-25-9-11-26(12-10-25)16-17-4-5-21-18(14-17)7-13-30-21/h1-5,14-15H,6-13,16H2,(H,24,27)(H2,23,28,29). The van der Waals surface area contributed by atoms with Gasteiger partial charge >= 0.3 is 0 Å². The fourth-order valence-corrected chi connectivity index (χ4v) is 4.56. The first-order chi connectivity index (χ1) is 14.9. The minimum atomic E-state index is -3.79. The summed E-state index contributed by atoms with van der Waals surface area (Å²) >= 11 is 0. The minimum absolute atomic E-state index is 0.0164. The molecule has 1 saturated heterocycles. The number of nitrogens with one attached hydrogen (secondary N) is 1. The van der Waals surface area contributed by atoms with Crippen LogP contribution < -0.4 is 15.2 Å². The zero-order valence-corrected chi connectivity index (χ0v) is 18.2. The van der Waals surface area contributed by atoms with E-state index in [1.807, 2.05) is 0 Å². The quantitative estimate of drug-likeness (QED) is 0.669. The van der Waals surface area contributed by atoms with Gasteiger partial charge in [0.2, 0.25) is 15.9 Å². The lowest BCUT2D eigenvalue weighted by atomic mass is 10.1. The highest BCUT2D eigenvalue weighted by atomic mass is 32.2. The number of fused-ring (bicyclic) bond motifs is 1. The van der Waals surface area contributed by atoms with Crippen molar-refractivity contribution in [1.82, 2.24) is 9.80 Å². The van der Waals surface area contributed by atoms with Crippen LogP contribution in [0.3, 0.4) is 0 Å². The average Bonchev–Trinajstić information content (AvgIpc) is 3.21. The van der Waals surface area contributed by atoms with E-state index in [2.05, 4.69) is 33.3 Å². The lowest BCUT2D eigenvalue weighted by Crippen LogP contribution is -2.46. The molecule has 3 N–H and O–H groups in total. The number of carbonyl (C=O) groups is 1. The van der Waals surface area contributed by atoms with E-state index >= 15 is 0 Å². The second-order valence-electron chi connectivity index (χ2n) is 8.03. The number of hydrogen-bond acceptors (Lipinski definition) is 6. The van der Waals surface area contributed by atoms with E-state index in [-0.39, 0.29) is 10.8 Å². The Labute approximate surface area is 183 Å². The van der Waals surface area contributed by atoms with Crippen LogP contribution in [-0.2, 0) is 27.8 Å². The summed E-state index contributed by atoms with van der Waals surface area (Å²) in [7, 11) is -3.79. The summed E-state index contributed by atoms with van der Waals surface area (Å²) < 4.78 is 28.5. The Morgan fingerprint density at radius 1 is 1.06 bits per heavy atom. The summed E-state index contributed by atoms with van der Waals surface area (Å²) in [5, 5.41) is 7.89. The fourth-order valence-electron chi connectivity index (χ4n) is 4.00. The summed E-state index contributed by atoms with van der Waals surface area (Å²) in [4.78, 5) is 17.0. The molecule has 2 aliphatic heterocycles. The first-order valence-electron chi connectivity index (χ1n) is 10.5. The molecule has 2 aromatic rings. The zero-order valence-electron chi connectivity index (χ0n) is 17.4. The smallest absolute Gasteiger partial charge is 0.238 e. The molecule has 0 radical (unpaired) electrons. The molecule has 8 nitrogen and oxygen atoms in total. The van der Waals surface area contributed by atoms with E-state index in [4.69, 9.17) is 9.88 Å². The van der Waals surface area contributed by atoms with Crippen molar-refractivity contribution in [3.8, 4) is 5.75 Å². The predicted molar refractivity (Wildman–Crippen MR) is 118 cm³/mol. The van der Waals surface area contributed by atoms with Gasteiger partial charge in [-0.15, -0.1) is 0 Å². The van der Waals surface area contributed by atoms with Crippen LogP contribution in [0.2, 0.25) is 0 Å². The van der Waals surface area contributed by atoms with Gasteiger partial charge < -0.3 is 15.0 Å². The van der Waals surface area contributed by atoms with Crippen LogP contribution >= 0.6 is 0 Å². The number of sulfonamides is 1. The number of piperazine rings is 1. The maximum Gasteiger partial charge on any atom is 0.238 e. The van der Waals surface area contributed by atoms with Crippen molar-refractivity contribution in [2.75, 3.05) is 44.6 Å². The number of ether oxygens (including phenoxy) is 1. The van der Waals surface area contributed by atoms with E-state index in [1.54, 1.807) is 12.1 Å². The predicted octanol–water partition coefficient (Wildman–Crippen LogP) is 1.42. The Morgan fingerprint density at radius 2 is 1.84 bits per heavy atom. The van der Waals surface area contributed by atoms with Crippen LogP contribution in [0.15, 0.2) is 47.4 Å². The third-order valence-electron chi connectivity index (χ3n) is 5.73. The summed E-state index contributed by atoms with van der Waals surface area (Å²) in [5.74, 6) is 0.873. The highest BCUT2D eigenvalue weighted by molar-refractivity contribution is 7.89. The Morgan fingerprint density at radius 3 is 2.61 bits per heavy atom. The monoisotopic (exact) mass is 444 g/mol. The van der Waals surface area contributed by atoms with Crippen molar-refractivity contribution in [3.63, 3.8) is 0 Å². The SMILES string of the molecule is NS(=O)(=O)c1cccc(NC(=O)CCN2CCN(Cc3ccc4c(c3)CCO4)CC2)c1. The molecule has 166 valence electrons. The van der Waals surface area contributed by atoms with E-state index in [0.717, 1.165) is 51.5 Å². The highest BCUT2D eigenvalue weighted by Crippen LogP contribution is 2.26. The fraction of sp³-hybridized carbons (Fsp3) is 0.409. The number of amides is 1. The first kappa shape index (κ1) is 21.8. The van der Waals surface area contributed by atoms with Crippen molar-refractivity contribution >= 4 is 21.6 Å². The van der Waals surface area contributed by atoms with Crippen LogP contribution in [0, 0.1) is 0 Å². The van der Waals surface area contributed by atoms with Gasteiger partial charge in [-0.05, 0) is 35.4 Å². The molecule has 2 aliphatic rings. The third kappa shape index (κ3) is 5.82. The lowest BCUT2D eigenvalue weighted by Gasteiger charge is -2.34. The van der Waals surface area contributed by atoms with Gasteiger partial charge in [0.05, 0.1) is 11.5 Å². The maximum absolute atomic E-state index is 12.3. The molecule has 0 bridgehead atoms. The molecular formula is C22H28N4O4S. The largest absolute Gasteiger partial charge is 0.493 e. The van der Waals surface area contributed by atoms with E-state index in [0.29, 0.717) is 18.7 Å². The summed E-state index contributed by atoms with van der Waals surface area (Å²) in [5.41, 5.74) is 3.05. The molecule has 31 heavy (non-hydrogen) atoms. The molecule has 2 aromatic carbocycles. The van der Waals surface area contributed by atoms with Gasteiger partial charge in [-0.1, -0.05) is 18.2 Å². The average molecular weight is 445 g/mol. The molecule has 9 heteroatoms. The molecule has 0 aromatic heterocycles. The Kier molecular flexibility index (Phi) is 6.57. The lowest BCUT2D eigenvalue weighted by molar-refractivity contribution is -0.116. The molecule has 0 spiro atoms. The molecule has 2 heterocycles. The van der Waals surface area contributed by atoms with Crippen molar-refractivity contribution in [2.24, 2.45) is 5.14 Å². The summed E-state index contributed by atoms with van der Waals surface area (Å²) in [6.07, 6.45) is 1.34. The molecule has 0 aliphatic carbocycles. The number of hydrogen-bond donors (Lipinski definition) is 2. The van der Waals surface area contributed by atoms with Crippen LogP contribution in [0.5, 0.6) is 5.75 Å². The van der Waals surface area contributed by atoms with Crippen LogP contribution in [0.4, 0.5) is 5.69 Å². The number of nitrogens with zero attached hydrogens (tertiary/aromatic N) is 2. The summed E-state index contributed by atoms with van der Waals surface area (Å²) in [6, 6.07) is 12.5. The van der Waals surface area contributed by atoms with Crippen LogP contribution in [0.25, 0.3) is 0 Å². The topological polar surface area (TPSA) is 105 Å². The van der Waals surface area contributed by atoms with Crippen molar-refractivity contribution in [2.45, 2.75) is 24.3 Å². The number of primary sulfonamides is 1. The second-order valence-corrected chi connectivity index (χ2v) is 9.59. The van der Waals surface area contributed by atoms with Crippen molar-refractivity contribution in [1.29, 1.82) is 0 Å².